The van der Waals surface area contributed by atoms with Crippen LogP contribution in [0, 0.1) is 17.8 Å². The highest BCUT2D eigenvalue weighted by Crippen LogP contribution is 2.29. The van der Waals surface area contributed by atoms with Crippen LogP contribution in [0.1, 0.15) is 71.6 Å². The van der Waals surface area contributed by atoms with Gasteiger partial charge in [-0.2, -0.15) is 0 Å². The summed E-state index contributed by atoms with van der Waals surface area (Å²) in [5.41, 5.74) is 0. The van der Waals surface area contributed by atoms with E-state index in [-0.39, 0.29) is 42.7 Å². The zero-order valence-corrected chi connectivity index (χ0v) is 16.2. The Balaban J connectivity index is 1.81. The fourth-order valence-electron chi connectivity index (χ4n) is 4.21. The van der Waals surface area contributed by atoms with Crippen LogP contribution in [0.15, 0.2) is 0 Å². The minimum absolute atomic E-state index is 0.00868. The summed E-state index contributed by atoms with van der Waals surface area (Å²) in [4.78, 5) is 37.7. The van der Waals surface area contributed by atoms with E-state index in [0.717, 1.165) is 51.4 Å². The first-order valence-corrected chi connectivity index (χ1v) is 10.2. The molecular formula is C20H34N2O4. The second-order valence-corrected chi connectivity index (χ2v) is 8.36. The summed E-state index contributed by atoms with van der Waals surface area (Å²) in [6.07, 6.45) is 7.54. The number of aliphatic carboxylic acids is 1. The molecule has 0 aromatic heterocycles. The van der Waals surface area contributed by atoms with Crippen molar-refractivity contribution in [3.63, 3.8) is 0 Å². The lowest BCUT2D eigenvalue weighted by molar-refractivity contribution is -0.140. The van der Waals surface area contributed by atoms with E-state index in [9.17, 15) is 14.4 Å². The molecule has 2 fully saturated rings. The third-order valence-electron chi connectivity index (χ3n) is 5.64. The van der Waals surface area contributed by atoms with Crippen molar-refractivity contribution >= 4 is 17.8 Å². The Hall–Kier alpha value is -1.59. The van der Waals surface area contributed by atoms with Crippen molar-refractivity contribution in [3.05, 3.63) is 0 Å². The Bertz CT molecular complexity index is 492. The van der Waals surface area contributed by atoms with E-state index in [1.54, 1.807) is 4.90 Å². The topological polar surface area (TPSA) is 86.7 Å². The van der Waals surface area contributed by atoms with Gasteiger partial charge in [-0.15, -0.1) is 0 Å². The summed E-state index contributed by atoms with van der Waals surface area (Å²) in [5, 5.41) is 12.1. The van der Waals surface area contributed by atoms with E-state index in [1.165, 1.54) is 0 Å². The van der Waals surface area contributed by atoms with E-state index in [4.69, 9.17) is 5.11 Å². The maximum absolute atomic E-state index is 12.8. The molecule has 2 aliphatic carbocycles. The lowest BCUT2D eigenvalue weighted by atomic mass is 9.84. The van der Waals surface area contributed by atoms with Crippen LogP contribution in [0.4, 0.5) is 0 Å². The molecule has 0 aromatic rings. The molecule has 6 heteroatoms. The smallest absolute Gasteiger partial charge is 0.305 e. The lowest BCUT2D eigenvalue weighted by Crippen LogP contribution is -2.44. The summed E-state index contributed by atoms with van der Waals surface area (Å²) >= 11 is 0. The van der Waals surface area contributed by atoms with Crippen LogP contribution < -0.4 is 5.32 Å². The molecule has 2 aliphatic rings. The van der Waals surface area contributed by atoms with Crippen LogP contribution in [0.3, 0.4) is 0 Å². The van der Waals surface area contributed by atoms with Gasteiger partial charge in [-0.05, 0) is 44.4 Å². The van der Waals surface area contributed by atoms with Crippen LogP contribution in [-0.4, -0.2) is 46.9 Å². The van der Waals surface area contributed by atoms with Crippen molar-refractivity contribution in [2.24, 2.45) is 17.8 Å². The molecule has 0 atom stereocenters. The van der Waals surface area contributed by atoms with Crippen LogP contribution in [0.2, 0.25) is 0 Å². The van der Waals surface area contributed by atoms with Crippen LogP contribution in [0.5, 0.6) is 0 Å². The molecule has 0 bridgehead atoms. The van der Waals surface area contributed by atoms with E-state index in [0.29, 0.717) is 12.5 Å². The number of nitrogens with one attached hydrogen (secondary N) is 1. The summed E-state index contributed by atoms with van der Waals surface area (Å²) in [6.45, 7) is 4.96. The van der Waals surface area contributed by atoms with Crippen molar-refractivity contribution in [3.8, 4) is 0 Å². The minimum Gasteiger partial charge on any atom is -0.481 e. The quantitative estimate of drug-likeness (QED) is 0.691. The Kier molecular flexibility index (Phi) is 7.91. The molecule has 0 aromatic carbocycles. The van der Waals surface area contributed by atoms with E-state index < -0.39 is 5.97 Å². The van der Waals surface area contributed by atoms with Crippen molar-refractivity contribution in [1.29, 1.82) is 0 Å². The predicted octanol–water partition coefficient (Wildman–Crippen LogP) is 2.81. The van der Waals surface area contributed by atoms with E-state index in [1.807, 2.05) is 13.8 Å². The largest absolute Gasteiger partial charge is 0.481 e. The van der Waals surface area contributed by atoms with Crippen molar-refractivity contribution in [1.82, 2.24) is 10.2 Å². The predicted molar refractivity (Wildman–Crippen MR) is 99.5 cm³/mol. The third-order valence-corrected chi connectivity index (χ3v) is 5.64. The second-order valence-electron chi connectivity index (χ2n) is 8.36. The first-order chi connectivity index (χ1) is 12.4. The van der Waals surface area contributed by atoms with Crippen LogP contribution in [-0.2, 0) is 14.4 Å². The first kappa shape index (κ1) is 20.7. The molecule has 0 spiro atoms. The Morgan fingerprint density at radius 1 is 1.00 bits per heavy atom. The van der Waals surface area contributed by atoms with Gasteiger partial charge in [-0.3, -0.25) is 14.4 Å². The number of amides is 2. The van der Waals surface area contributed by atoms with E-state index in [2.05, 4.69) is 5.32 Å². The monoisotopic (exact) mass is 366 g/mol. The van der Waals surface area contributed by atoms with Crippen molar-refractivity contribution < 1.29 is 19.5 Å². The number of carbonyl (C=O) groups is 3. The van der Waals surface area contributed by atoms with Gasteiger partial charge in [-0.1, -0.05) is 26.7 Å². The standard InChI is InChI=1S/C20H34N2O4/c1-14(2)13-22(12-11-18(23)24)20(26)16-7-9-17(10-8-16)21-19(25)15-5-3-4-6-15/h14-17H,3-13H2,1-2H3,(H,21,25)(H,23,24). The van der Waals surface area contributed by atoms with Gasteiger partial charge in [0.1, 0.15) is 0 Å². The van der Waals surface area contributed by atoms with Gasteiger partial charge in [0.25, 0.3) is 0 Å². The average Bonchev–Trinajstić information content (AvgIpc) is 3.13. The Morgan fingerprint density at radius 2 is 1.62 bits per heavy atom. The maximum Gasteiger partial charge on any atom is 0.305 e. The molecule has 0 heterocycles. The second kappa shape index (κ2) is 9.93. The number of rotatable bonds is 8. The Morgan fingerprint density at radius 3 is 2.15 bits per heavy atom. The molecule has 2 rings (SSSR count). The molecule has 6 nitrogen and oxygen atoms in total. The zero-order valence-electron chi connectivity index (χ0n) is 16.2. The summed E-state index contributed by atoms with van der Waals surface area (Å²) in [6, 6.07) is 0.185. The fraction of sp³-hybridized carbons (Fsp3) is 0.850. The lowest BCUT2D eigenvalue weighted by Gasteiger charge is -2.33. The first-order valence-electron chi connectivity index (χ1n) is 10.2. The third kappa shape index (κ3) is 6.29. The number of carbonyl (C=O) groups excluding carboxylic acids is 2. The molecular weight excluding hydrogens is 332 g/mol. The summed E-state index contributed by atoms with van der Waals surface area (Å²) in [7, 11) is 0. The summed E-state index contributed by atoms with van der Waals surface area (Å²) < 4.78 is 0. The molecule has 2 N–H and O–H groups in total. The van der Waals surface area contributed by atoms with Gasteiger partial charge in [0.15, 0.2) is 0 Å². The molecule has 148 valence electrons. The van der Waals surface area contributed by atoms with Crippen LogP contribution >= 0.6 is 0 Å². The SMILES string of the molecule is CC(C)CN(CCC(=O)O)C(=O)C1CCC(NC(=O)C2CCCC2)CC1. The molecule has 2 saturated carbocycles. The van der Waals surface area contributed by atoms with Gasteiger partial charge in [0.05, 0.1) is 6.42 Å². The number of hydrogen-bond acceptors (Lipinski definition) is 3. The van der Waals surface area contributed by atoms with Gasteiger partial charge >= 0.3 is 5.97 Å². The molecule has 0 saturated heterocycles. The van der Waals surface area contributed by atoms with Crippen molar-refractivity contribution in [2.45, 2.75) is 77.7 Å². The van der Waals surface area contributed by atoms with E-state index >= 15 is 0 Å². The van der Waals surface area contributed by atoms with Crippen LogP contribution in [0.25, 0.3) is 0 Å². The average molecular weight is 367 g/mol. The number of hydrogen-bond donors (Lipinski definition) is 2. The maximum atomic E-state index is 12.8. The number of carboxylic acid groups (broad SMARTS) is 1. The molecule has 0 aliphatic heterocycles. The molecule has 2 amide bonds. The Labute approximate surface area is 156 Å². The van der Waals surface area contributed by atoms with Crippen molar-refractivity contribution in [2.75, 3.05) is 13.1 Å². The number of nitrogens with zero attached hydrogens (tertiary/aromatic N) is 1. The number of carboxylic acids is 1. The highest BCUT2D eigenvalue weighted by atomic mass is 16.4. The minimum atomic E-state index is -0.870. The zero-order chi connectivity index (χ0) is 19.1. The molecule has 0 radical (unpaired) electrons. The van der Waals surface area contributed by atoms with Gasteiger partial charge in [0, 0.05) is 31.0 Å². The highest BCUT2D eigenvalue weighted by molar-refractivity contribution is 5.80. The molecule has 0 unspecified atom stereocenters. The normalized spacial score (nSPS) is 23.8. The fourth-order valence-corrected chi connectivity index (χ4v) is 4.21. The van der Waals surface area contributed by atoms with Gasteiger partial charge in [-0.25, -0.2) is 0 Å². The van der Waals surface area contributed by atoms with Gasteiger partial charge in [0.2, 0.25) is 11.8 Å². The van der Waals surface area contributed by atoms with Gasteiger partial charge < -0.3 is 15.3 Å². The highest BCUT2D eigenvalue weighted by Gasteiger charge is 2.32. The molecule has 26 heavy (non-hydrogen) atoms. The summed E-state index contributed by atoms with van der Waals surface area (Å²) in [5.74, 6) is -0.130.